The molecule has 0 amide bonds. The Balaban J connectivity index is 1.94. The standard InChI is InChI=1S/C23H23N5O5/c1-4-33-15-7-5-6-14(10-15)22(30)21-17-12-20(32-3)19(31-2)11-16(17)18(13-24-21)23-25-26-27-28(23)8-9-29/h5-7,10-13,29H,4,8-9H2,1-3H3. The zero-order valence-electron chi connectivity index (χ0n) is 18.5. The molecule has 10 heteroatoms. The van der Waals surface area contributed by atoms with Gasteiger partial charge in [0.05, 0.1) is 34.0 Å². The van der Waals surface area contributed by atoms with Gasteiger partial charge < -0.3 is 19.3 Å². The van der Waals surface area contributed by atoms with Crippen molar-refractivity contribution in [3.05, 3.63) is 53.9 Å². The summed E-state index contributed by atoms with van der Waals surface area (Å²) in [7, 11) is 3.06. The average Bonchev–Trinajstić information content (AvgIpc) is 3.30. The van der Waals surface area contributed by atoms with Crippen molar-refractivity contribution in [3.63, 3.8) is 0 Å². The van der Waals surface area contributed by atoms with Gasteiger partial charge in [0.25, 0.3) is 0 Å². The second-order valence-corrected chi connectivity index (χ2v) is 7.01. The van der Waals surface area contributed by atoms with Gasteiger partial charge in [-0.3, -0.25) is 9.78 Å². The van der Waals surface area contributed by atoms with Crippen molar-refractivity contribution in [2.75, 3.05) is 27.4 Å². The number of benzene rings is 2. The average molecular weight is 449 g/mol. The van der Waals surface area contributed by atoms with E-state index < -0.39 is 0 Å². The molecule has 0 unspecified atom stereocenters. The van der Waals surface area contributed by atoms with Crippen LogP contribution in [0, 0.1) is 0 Å². The number of aromatic nitrogens is 5. The third kappa shape index (κ3) is 4.20. The molecule has 0 radical (unpaired) electrons. The van der Waals surface area contributed by atoms with Crippen LogP contribution in [0.15, 0.2) is 42.6 Å². The molecule has 1 N–H and O–H groups in total. The van der Waals surface area contributed by atoms with Crippen LogP contribution in [-0.4, -0.2) is 63.5 Å². The fraction of sp³-hybridized carbons (Fsp3) is 0.261. The molecule has 0 aliphatic carbocycles. The number of ketones is 1. The zero-order chi connectivity index (χ0) is 23.4. The highest BCUT2D eigenvalue weighted by Gasteiger charge is 2.22. The van der Waals surface area contributed by atoms with Gasteiger partial charge in [0.1, 0.15) is 11.4 Å². The number of carbonyl (C=O) groups is 1. The highest BCUT2D eigenvalue weighted by atomic mass is 16.5. The Labute approximate surface area is 189 Å². The van der Waals surface area contributed by atoms with Gasteiger partial charge in [0.15, 0.2) is 17.3 Å². The van der Waals surface area contributed by atoms with Crippen LogP contribution in [0.4, 0.5) is 0 Å². The van der Waals surface area contributed by atoms with Crippen LogP contribution in [-0.2, 0) is 6.54 Å². The lowest BCUT2D eigenvalue weighted by Crippen LogP contribution is -2.09. The Bertz CT molecular complexity index is 1300. The summed E-state index contributed by atoms with van der Waals surface area (Å²) in [5.74, 6) is 1.68. The van der Waals surface area contributed by atoms with Crippen LogP contribution in [0.1, 0.15) is 23.0 Å². The van der Waals surface area contributed by atoms with E-state index in [9.17, 15) is 9.90 Å². The number of aliphatic hydroxyl groups is 1. The third-order valence-electron chi connectivity index (χ3n) is 5.10. The van der Waals surface area contributed by atoms with E-state index in [1.165, 1.54) is 18.9 Å². The van der Waals surface area contributed by atoms with Crippen LogP contribution in [0.3, 0.4) is 0 Å². The topological polar surface area (TPSA) is 121 Å². The maximum Gasteiger partial charge on any atom is 0.212 e. The number of ether oxygens (including phenoxy) is 3. The summed E-state index contributed by atoms with van der Waals surface area (Å²) in [5.41, 5.74) is 1.27. The van der Waals surface area contributed by atoms with E-state index in [2.05, 4.69) is 20.5 Å². The summed E-state index contributed by atoms with van der Waals surface area (Å²) in [4.78, 5) is 18.0. The molecule has 2 aromatic heterocycles. The second-order valence-electron chi connectivity index (χ2n) is 7.01. The van der Waals surface area contributed by atoms with Crippen molar-refractivity contribution in [3.8, 4) is 28.6 Å². The van der Waals surface area contributed by atoms with Crippen LogP contribution < -0.4 is 14.2 Å². The highest BCUT2D eigenvalue weighted by molar-refractivity contribution is 6.17. The van der Waals surface area contributed by atoms with Gasteiger partial charge in [0.2, 0.25) is 5.78 Å². The minimum absolute atomic E-state index is 0.132. The van der Waals surface area contributed by atoms with Gasteiger partial charge in [-0.05, 0) is 41.6 Å². The highest BCUT2D eigenvalue weighted by Crippen LogP contribution is 2.38. The number of aliphatic hydroxyl groups excluding tert-OH is 1. The SMILES string of the molecule is CCOc1cccc(C(=O)c2ncc(-c3nnnn3CCO)c3cc(OC)c(OC)cc23)c1. The monoisotopic (exact) mass is 449 g/mol. The van der Waals surface area contributed by atoms with Crippen molar-refractivity contribution >= 4 is 16.6 Å². The first-order chi connectivity index (χ1) is 16.1. The maximum atomic E-state index is 13.5. The molecule has 0 saturated heterocycles. The number of rotatable bonds is 9. The molecule has 4 rings (SSSR count). The van der Waals surface area contributed by atoms with Crippen molar-refractivity contribution in [2.24, 2.45) is 0 Å². The maximum absolute atomic E-state index is 13.5. The van der Waals surface area contributed by atoms with Crippen molar-refractivity contribution in [2.45, 2.75) is 13.5 Å². The Hall–Kier alpha value is -4.05. The van der Waals surface area contributed by atoms with Crippen molar-refractivity contribution in [1.82, 2.24) is 25.2 Å². The van der Waals surface area contributed by atoms with E-state index in [1.807, 2.05) is 6.92 Å². The summed E-state index contributed by atoms with van der Waals surface area (Å²) < 4.78 is 18.0. The van der Waals surface area contributed by atoms with E-state index in [4.69, 9.17) is 14.2 Å². The Morgan fingerprint density at radius 2 is 1.85 bits per heavy atom. The smallest absolute Gasteiger partial charge is 0.212 e. The van der Waals surface area contributed by atoms with E-state index in [0.717, 1.165) is 0 Å². The molecule has 4 aromatic rings. The summed E-state index contributed by atoms with van der Waals surface area (Å²) >= 11 is 0. The molecule has 0 bridgehead atoms. The summed E-state index contributed by atoms with van der Waals surface area (Å²) in [5, 5.41) is 22.3. The molecule has 0 spiro atoms. The first-order valence-corrected chi connectivity index (χ1v) is 10.3. The van der Waals surface area contributed by atoms with Crippen LogP contribution in [0.5, 0.6) is 17.2 Å². The molecule has 0 atom stereocenters. The summed E-state index contributed by atoms with van der Waals surface area (Å²) in [6, 6.07) is 10.4. The number of methoxy groups -OCH3 is 2. The lowest BCUT2D eigenvalue weighted by molar-refractivity contribution is 0.103. The molecule has 33 heavy (non-hydrogen) atoms. The van der Waals surface area contributed by atoms with E-state index in [-0.39, 0.29) is 24.6 Å². The molecule has 0 aliphatic rings. The lowest BCUT2D eigenvalue weighted by Gasteiger charge is -2.14. The van der Waals surface area contributed by atoms with Gasteiger partial charge in [-0.25, -0.2) is 4.68 Å². The van der Waals surface area contributed by atoms with Gasteiger partial charge in [-0.15, -0.1) is 5.10 Å². The molecule has 10 nitrogen and oxygen atoms in total. The molecule has 0 aliphatic heterocycles. The largest absolute Gasteiger partial charge is 0.494 e. The molecule has 0 fully saturated rings. The van der Waals surface area contributed by atoms with Crippen LogP contribution >= 0.6 is 0 Å². The molecule has 2 aromatic carbocycles. The van der Waals surface area contributed by atoms with E-state index >= 15 is 0 Å². The van der Waals surface area contributed by atoms with Crippen LogP contribution in [0.2, 0.25) is 0 Å². The third-order valence-corrected chi connectivity index (χ3v) is 5.10. The number of tetrazole rings is 1. The number of carbonyl (C=O) groups excluding carboxylic acids is 1. The van der Waals surface area contributed by atoms with Gasteiger partial charge in [-0.2, -0.15) is 0 Å². The van der Waals surface area contributed by atoms with Gasteiger partial charge >= 0.3 is 0 Å². The molecule has 170 valence electrons. The predicted octanol–water partition coefficient (Wildman–Crippen LogP) is 2.53. The second kappa shape index (κ2) is 9.61. The molecular formula is C23H23N5O5. The predicted molar refractivity (Wildman–Crippen MR) is 120 cm³/mol. The fourth-order valence-corrected chi connectivity index (χ4v) is 3.60. The molecular weight excluding hydrogens is 426 g/mol. The van der Waals surface area contributed by atoms with Crippen molar-refractivity contribution in [1.29, 1.82) is 0 Å². The van der Waals surface area contributed by atoms with Gasteiger partial charge in [-0.1, -0.05) is 12.1 Å². The molecule has 2 heterocycles. The Morgan fingerprint density at radius 1 is 1.09 bits per heavy atom. The number of fused-ring (bicyclic) bond motifs is 1. The van der Waals surface area contributed by atoms with E-state index in [1.54, 1.807) is 42.6 Å². The Kier molecular flexibility index (Phi) is 6.45. The number of hydrogen-bond donors (Lipinski definition) is 1. The first-order valence-electron chi connectivity index (χ1n) is 10.3. The van der Waals surface area contributed by atoms with E-state index in [0.29, 0.717) is 51.6 Å². The minimum Gasteiger partial charge on any atom is -0.494 e. The van der Waals surface area contributed by atoms with Crippen LogP contribution in [0.25, 0.3) is 22.2 Å². The zero-order valence-corrected chi connectivity index (χ0v) is 18.5. The van der Waals surface area contributed by atoms with Crippen molar-refractivity contribution < 1.29 is 24.1 Å². The lowest BCUT2D eigenvalue weighted by atomic mass is 9.98. The number of pyridine rings is 1. The molecule has 0 saturated carbocycles. The number of nitrogens with zero attached hydrogens (tertiary/aromatic N) is 5. The fourth-order valence-electron chi connectivity index (χ4n) is 3.60. The first kappa shape index (κ1) is 22.2. The quantitative estimate of drug-likeness (QED) is 0.384. The number of hydrogen-bond acceptors (Lipinski definition) is 9. The Morgan fingerprint density at radius 3 is 2.55 bits per heavy atom. The summed E-state index contributed by atoms with van der Waals surface area (Å²) in [6.45, 7) is 2.45. The normalized spacial score (nSPS) is 10.9. The van der Waals surface area contributed by atoms with Gasteiger partial charge in [0, 0.05) is 28.1 Å². The minimum atomic E-state index is -0.268. The summed E-state index contributed by atoms with van der Waals surface area (Å²) in [6.07, 6.45) is 1.55.